The Morgan fingerprint density at radius 3 is 2.65 bits per heavy atom. The maximum atomic E-state index is 8.50. The molecule has 1 aromatic rings. The molecule has 6 heteroatoms. The standard InChI is InChI=1S/C11H15N3OS2/c1-11(2,8-12-15)17-10(16)14-13-9-6-4-3-5-7-9/h3-8,13,15H,1-2H3,(H,14,16). The summed E-state index contributed by atoms with van der Waals surface area (Å²) in [6.45, 7) is 3.82. The monoisotopic (exact) mass is 269 g/mol. The van der Waals surface area contributed by atoms with Crippen LogP contribution < -0.4 is 10.9 Å². The van der Waals surface area contributed by atoms with Crippen LogP contribution >= 0.6 is 24.0 Å². The number of para-hydroxylation sites is 1. The first kappa shape index (κ1) is 13.8. The molecule has 0 fully saturated rings. The highest BCUT2D eigenvalue weighted by molar-refractivity contribution is 8.24. The summed E-state index contributed by atoms with van der Waals surface area (Å²) in [5.41, 5.74) is 6.84. The van der Waals surface area contributed by atoms with Crippen LogP contribution in [0.25, 0.3) is 0 Å². The fourth-order valence-electron chi connectivity index (χ4n) is 1.07. The Bertz CT molecular complexity index is 393. The fourth-order valence-corrected chi connectivity index (χ4v) is 2.45. The van der Waals surface area contributed by atoms with Gasteiger partial charge < -0.3 is 5.21 Å². The highest BCUT2D eigenvalue weighted by Crippen LogP contribution is 2.22. The van der Waals surface area contributed by atoms with Gasteiger partial charge in [-0.1, -0.05) is 42.2 Å². The Kier molecular flexibility index (Phi) is 5.24. The van der Waals surface area contributed by atoms with E-state index < -0.39 is 0 Å². The molecule has 0 spiro atoms. The fraction of sp³-hybridized carbons (Fsp3) is 0.273. The van der Waals surface area contributed by atoms with E-state index in [1.807, 2.05) is 44.2 Å². The second kappa shape index (κ2) is 6.46. The van der Waals surface area contributed by atoms with Crippen molar-refractivity contribution in [2.45, 2.75) is 18.6 Å². The Hall–Kier alpha value is -1.27. The largest absolute Gasteiger partial charge is 0.411 e. The highest BCUT2D eigenvalue weighted by Gasteiger charge is 2.18. The van der Waals surface area contributed by atoms with Gasteiger partial charge in [-0.2, -0.15) is 0 Å². The van der Waals surface area contributed by atoms with E-state index in [0.717, 1.165) is 5.69 Å². The number of oxime groups is 1. The first-order chi connectivity index (χ1) is 8.03. The molecule has 4 nitrogen and oxygen atoms in total. The lowest BCUT2D eigenvalue weighted by Gasteiger charge is -2.19. The molecule has 0 bridgehead atoms. The molecule has 3 N–H and O–H groups in total. The molecule has 0 heterocycles. The zero-order chi connectivity index (χ0) is 12.7. The molecule has 1 rings (SSSR count). The van der Waals surface area contributed by atoms with Crippen LogP contribution in [0.3, 0.4) is 0 Å². The molecule has 0 amide bonds. The number of rotatable bonds is 4. The molecule has 0 saturated heterocycles. The van der Waals surface area contributed by atoms with E-state index in [1.165, 1.54) is 18.0 Å². The summed E-state index contributed by atoms with van der Waals surface area (Å²) in [4.78, 5) is 0. The van der Waals surface area contributed by atoms with Gasteiger partial charge in [0.1, 0.15) is 0 Å². The summed E-state index contributed by atoms with van der Waals surface area (Å²) in [6, 6.07) is 9.67. The molecule has 92 valence electrons. The molecule has 17 heavy (non-hydrogen) atoms. The van der Waals surface area contributed by atoms with Crippen molar-refractivity contribution in [1.82, 2.24) is 5.43 Å². The molecule has 0 atom stereocenters. The van der Waals surface area contributed by atoms with Crippen LogP contribution in [0.4, 0.5) is 5.69 Å². The predicted octanol–water partition coefficient (Wildman–Crippen LogP) is 2.86. The van der Waals surface area contributed by atoms with Gasteiger partial charge in [-0.3, -0.25) is 10.9 Å². The molecule has 0 aromatic heterocycles. The molecule has 0 radical (unpaired) electrons. The number of hydrogen-bond acceptors (Lipinski definition) is 5. The first-order valence-corrected chi connectivity index (χ1v) is 6.24. The number of thioether (sulfide) groups is 1. The van der Waals surface area contributed by atoms with Gasteiger partial charge >= 0.3 is 0 Å². The van der Waals surface area contributed by atoms with Crippen LogP contribution in [-0.2, 0) is 0 Å². The Balaban J connectivity index is 2.41. The number of nitrogens with one attached hydrogen (secondary N) is 2. The predicted molar refractivity (Wildman–Crippen MR) is 77.7 cm³/mol. The molecular weight excluding hydrogens is 254 g/mol. The highest BCUT2D eigenvalue weighted by atomic mass is 32.2. The molecule has 0 saturated carbocycles. The lowest BCUT2D eigenvalue weighted by atomic mass is 10.2. The van der Waals surface area contributed by atoms with Crippen LogP contribution in [0.2, 0.25) is 0 Å². The smallest absolute Gasteiger partial charge is 0.153 e. The van der Waals surface area contributed by atoms with Gasteiger partial charge in [0.25, 0.3) is 0 Å². The second-order valence-electron chi connectivity index (χ2n) is 3.85. The SMILES string of the molecule is CC(C)(C=NO)SC(=S)NNc1ccccc1. The number of anilines is 1. The molecule has 0 aliphatic carbocycles. The minimum atomic E-state index is -0.350. The van der Waals surface area contributed by atoms with Crippen molar-refractivity contribution in [3.63, 3.8) is 0 Å². The van der Waals surface area contributed by atoms with Gasteiger partial charge in [-0.25, -0.2) is 0 Å². The van der Waals surface area contributed by atoms with Crippen molar-refractivity contribution < 1.29 is 5.21 Å². The lowest BCUT2D eigenvalue weighted by molar-refractivity contribution is 0.319. The third-order valence-corrected chi connectivity index (χ3v) is 3.08. The summed E-state index contributed by atoms with van der Waals surface area (Å²) in [6.07, 6.45) is 1.44. The van der Waals surface area contributed by atoms with Crippen molar-refractivity contribution in [1.29, 1.82) is 0 Å². The topological polar surface area (TPSA) is 56.7 Å². The lowest BCUT2D eigenvalue weighted by Crippen LogP contribution is -2.30. The number of thiocarbonyl (C=S) groups is 1. The maximum Gasteiger partial charge on any atom is 0.153 e. The third kappa shape index (κ3) is 5.55. The molecular formula is C11H15N3OS2. The van der Waals surface area contributed by atoms with E-state index in [-0.39, 0.29) is 4.75 Å². The summed E-state index contributed by atoms with van der Waals surface area (Å²) in [5.74, 6) is 0. The number of hydrogen-bond donors (Lipinski definition) is 3. The normalized spacial score (nSPS) is 11.4. The van der Waals surface area contributed by atoms with Crippen LogP contribution in [0.15, 0.2) is 35.5 Å². The van der Waals surface area contributed by atoms with Gasteiger partial charge in [0.05, 0.1) is 16.6 Å². The average Bonchev–Trinajstić information content (AvgIpc) is 2.27. The number of hydrazine groups is 1. The number of benzene rings is 1. The molecule has 0 aliphatic rings. The molecule has 0 aliphatic heterocycles. The average molecular weight is 269 g/mol. The molecule has 0 unspecified atom stereocenters. The van der Waals surface area contributed by atoms with Crippen molar-refractivity contribution in [3.05, 3.63) is 30.3 Å². The molecule has 1 aromatic carbocycles. The van der Waals surface area contributed by atoms with Gasteiger partial charge in [0.2, 0.25) is 0 Å². The minimum Gasteiger partial charge on any atom is -0.411 e. The van der Waals surface area contributed by atoms with E-state index in [2.05, 4.69) is 16.0 Å². The Labute approximate surface area is 110 Å². The van der Waals surface area contributed by atoms with Crippen LogP contribution in [0.5, 0.6) is 0 Å². The van der Waals surface area contributed by atoms with Crippen molar-refractivity contribution >= 4 is 40.2 Å². The first-order valence-electron chi connectivity index (χ1n) is 5.02. The zero-order valence-corrected chi connectivity index (χ0v) is 11.3. The summed E-state index contributed by atoms with van der Waals surface area (Å²) in [5, 5.41) is 11.5. The van der Waals surface area contributed by atoms with E-state index in [0.29, 0.717) is 4.32 Å². The second-order valence-corrected chi connectivity index (χ2v) is 6.18. The van der Waals surface area contributed by atoms with Gasteiger partial charge in [-0.05, 0) is 26.0 Å². The Morgan fingerprint density at radius 1 is 1.41 bits per heavy atom. The van der Waals surface area contributed by atoms with Gasteiger partial charge in [0.15, 0.2) is 4.32 Å². The van der Waals surface area contributed by atoms with Crippen LogP contribution in [0.1, 0.15) is 13.8 Å². The van der Waals surface area contributed by atoms with Crippen molar-refractivity contribution in [3.8, 4) is 0 Å². The van der Waals surface area contributed by atoms with Crippen molar-refractivity contribution in [2.24, 2.45) is 5.16 Å². The summed E-state index contributed by atoms with van der Waals surface area (Å²) in [7, 11) is 0. The summed E-state index contributed by atoms with van der Waals surface area (Å²) >= 11 is 6.56. The van der Waals surface area contributed by atoms with E-state index in [9.17, 15) is 0 Å². The quantitative estimate of drug-likeness (QED) is 0.340. The van der Waals surface area contributed by atoms with Crippen molar-refractivity contribution in [2.75, 3.05) is 5.43 Å². The van der Waals surface area contributed by atoms with E-state index in [1.54, 1.807) is 0 Å². The minimum absolute atomic E-state index is 0.350. The maximum absolute atomic E-state index is 8.50. The van der Waals surface area contributed by atoms with Gasteiger partial charge in [-0.15, -0.1) is 5.16 Å². The van der Waals surface area contributed by atoms with Crippen LogP contribution in [-0.4, -0.2) is 20.5 Å². The van der Waals surface area contributed by atoms with Gasteiger partial charge in [0, 0.05) is 0 Å². The third-order valence-electron chi connectivity index (χ3n) is 1.81. The number of nitrogens with zero attached hydrogens (tertiary/aromatic N) is 1. The summed E-state index contributed by atoms with van der Waals surface area (Å²) < 4.78 is 0.232. The Morgan fingerprint density at radius 2 is 2.06 bits per heavy atom. The van der Waals surface area contributed by atoms with E-state index >= 15 is 0 Å². The van der Waals surface area contributed by atoms with Crippen LogP contribution in [0, 0.1) is 0 Å². The zero-order valence-electron chi connectivity index (χ0n) is 9.68. The van der Waals surface area contributed by atoms with E-state index in [4.69, 9.17) is 17.4 Å².